The van der Waals surface area contributed by atoms with Crippen molar-refractivity contribution >= 4 is 36.5 Å². The number of aryl methyl sites for hydroxylation is 1. The average Bonchev–Trinajstić information content (AvgIpc) is 3.74. The van der Waals surface area contributed by atoms with Gasteiger partial charge in [-0.15, -0.1) is 0 Å². The molecule has 2 aliphatic heterocycles. The maximum absolute atomic E-state index is 13.4. The Hall–Kier alpha value is -5.70. The van der Waals surface area contributed by atoms with Gasteiger partial charge in [-0.05, 0) is 132 Å². The van der Waals surface area contributed by atoms with Gasteiger partial charge in [-0.1, -0.05) is 56.3 Å². The number of hydrogen-bond acceptors (Lipinski definition) is 9. The van der Waals surface area contributed by atoms with Crippen molar-refractivity contribution in [2.75, 3.05) is 19.6 Å². The fraction of sp³-hybridized carbons (Fsp3) is 0.383. The minimum atomic E-state index is -0.506. The Morgan fingerprint density at radius 2 is 1.52 bits per heavy atom. The van der Waals surface area contributed by atoms with Gasteiger partial charge in [0.25, 0.3) is 11.1 Å². The fourth-order valence-electron chi connectivity index (χ4n) is 7.74. The zero-order valence-corrected chi connectivity index (χ0v) is 35.6. The molecule has 4 heterocycles. The van der Waals surface area contributed by atoms with Crippen molar-refractivity contribution in [3.63, 3.8) is 0 Å². The van der Waals surface area contributed by atoms with Crippen LogP contribution in [-0.4, -0.2) is 74.1 Å². The minimum Gasteiger partial charge on any atom is -0.461 e. The first-order valence-corrected chi connectivity index (χ1v) is 20.9. The predicted molar refractivity (Wildman–Crippen MR) is 232 cm³/mol. The SMILES string of the molecule is CC(C)c1c(/C=c2\[nH]c(=O)/c(=C/c3cccc(C(=O)c4ccc(F)cc4)c3)[nH]c2=O)ncn1CCCN1CCC(C(=O)OCc2ccc(B3OC(C)(C)C(C)(C)O3)cc2)CC1. The number of ketones is 1. The molecule has 5 aromatic rings. The van der Waals surface area contributed by atoms with Gasteiger partial charge in [-0.2, -0.15) is 0 Å². The van der Waals surface area contributed by atoms with E-state index in [9.17, 15) is 23.6 Å². The molecule has 2 aliphatic rings. The lowest BCUT2D eigenvalue weighted by Crippen LogP contribution is -2.46. The Morgan fingerprint density at radius 1 is 0.885 bits per heavy atom. The smallest absolute Gasteiger partial charge is 0.461 e. The number of aromatic amines is 2. The highest BCUT2D eigenvalue weighted by Crippen LogP contribution is 2.36. The maximum atomic E-state index is 13.4. The topological polar surface area (TPSA) is 149 Å². The number of halogens is 1. The van der Waals surface area contributed by atoms with E-state index in [0.717, 1.165) is 55.6 Å². The lowest BCUT2D eigenvalue weighted by molar-refractivity contribution is -0.151. The number of imidazole rings is 1. The summed E-state index contributed by atoms with van der Waals surface area (Å²) < 4.78 is 33.5. The van der Waals surface area contributed by atoms with Crippen LogP contribution < -0.4 is 27.3 Å². The van der Waals surface area contributed by atoms with E-state index < -0.39 is 35.3 Å². The second kappa shape index (κ2) is 18.1. The van der Waals surface area contributed by atoms with Gasteiger partial charge >= 0.3 is 13.1 Å². The van der Waals surface area contributed by atoms with Crippen molar-refractivity contribution in [2.24, 2.45) is 5.92 Å². The van der Waals surface area contributed by atoms with Crippen molar-refractivity contribution in [1.29, 1.82) is 0 Å². The van der Waals surface area contributed by atoms with Crippen LogP contribution in [0.5, 0.6) is 0 Å². The standard InChI is InChI=1S/C47H53BFN5O7/c1-30(2)41-38(27-40-44(57)51-39(43(56)52-40)26-32-9-7-10-35(25-32)42(55)33-13-17-37(49)18-14-33)50-29-54(41)22-8-21-53-23-19-34(20-24-53)45(58)59-28-31-11-15-36(16-12-31)48-60-46(3,4)47(5,6)61-48/h7,9-18,25-27,29-30,34H,8,19-24,28H2,1-6H3,(H,51,57)(H,52,56)/b39-26-,40-27-. The fourth-order valence-corrected chi connectivity index (χ4v) is 7.74. The van der Waals surface area contributed by atoms with Crippen LogP contribution in [0.4, 0.5) is 4.39 Å². The molecule has 0 spiro atoms. The molecule has 318 valence electrons. The number of piperidine rings is 1. The molecule has 0 unspecified atom stereocenters. The molecule has 2 fully saturated rings. The van der Waals surface area contributed by atoms with Crippen LogP contribution in [0.1, 0.15) is 105 Å². The molecular formula is C47H53BFN5O7. The summed E-state index contributed by atoms with van der Waals surface area (Å²) in [5.74, 6) is -0.927. The van der Waals surface area contributed by atoms with Gasteiger partial charge < -0.3 is 33.5 Å². The zero-order chi connectivity index (χ0) is 43.5. The highest BCUT2D eigenvalue weighted by atomic mass is 19.1. The predicted octanol–water partition coefficient (Wildman–Crippen LogP) is 4.56. The van der Waals surface area contributed by atoms with Crippen LogP contribution in [0, 0.1) is 11.7 Å². The van der Waals surface area contributed by atoms with Gasteiger partial charge in [-0.3, -0.25) is 19.2 Å². The van der Waals surface area contributed by atoms with Gasteiger partial charge in [0.15, 0.2) is 5.78 Å². The molecule has 0 aliphatic carbocycles. The van der Waals surface area contributed by atoms with Crippen molar-refractivity contribution in [1.82, 2.24) is 24.4 Å². The zero-order valence-electron chi connectivity index (χ0n) is 35.6. The van der Waals surface area contributed by atoms with Gasteiger partial charge in [-0.25, -0.2) is 9.37 Å². The Labute approximate surface area is 354 Å². The molecule has 14 heteroatoms. The first-order chi connectivity index (χ1) is 29.1. The first-order valence-electron chi connectivity index (χ1n) is 20.9. The molecule has 61 heavy (non-hydrogen) atoms. The molecular weight excluding hydrogens is 776 g/mol. The third-order valence-electron chi connectivity index (χ3n) is 12.0. The molecule has 0 radical (unpaired) electrons. The number of nitrogens with one attached hydrogen (secondary N) is 2. The molecule has 0 saturated carbocycles. The highest BCUT2D eigenvalue weighted by molar-refractivity contribution is 6.62. The third kappa shape index (κ3) is 10.1. The molecule has 0 atom stereocenters. The summed E-state index contributed by atoms with van der Waals surface area (Å²) in [7, 11) is -0.435. The second-order valence-corrected chi connectivity index (χ2v) is 17.3. The van der Waals surface area contributed by atoms with E-state index in [0.29, 0.717) is 28.9 Å². The number of likely N-dealkylation sites (tertiary alicyclic amines) is 1. The number of carbonyl (C=O) groups is 2. The Balaban J connectivity index is 0.912. The van der Waals surface area contributed by atoms with Gasteiger partial charge in [0.05, 0.1) is 29.1 Å². The normalized spacial score (nSPS) is 17.3. The molecule has 2 N–H and O–H groups in total. The van der Waals surface area contributed by atoms with Crippen LogP contribution in [-0.2, 0) is 32.0 Å². The maximum Gasteiger partial charge on any atom is 0.494 e. The van der Waals surface area contributed by atoms with Gasteiger partial charge in [0, 0.05) is 23.4 Å². The van der Waals surface area contributed by atoms with Gasteiger partial charge in [0.2, 0.25) is 0 Å². The molecule has 12 nitrogen and oxygen atoms in total. The summed E-state index contributed by atoms with van der Waals surface area (Å²) in [5.41, 5.74) is 2.80. The summed E-state index contributed by atoms with van der Waals surface area (Å²) in [4.78, 5) is 64.7. The Kier molecular flexibility index (Phi) is 12.9. The third-order valence-corrected chi connectivity index (χ3v) is 12.0. The molecule has 0 amide bonds. The number of nitrogens with zero attached hydrogens (tertiary/aromatic N) is 3. The van der Waals surface area contributed by atoms with Crippen LogP contribution in [0.3, 0.4) is 0 Å². The minimum absolute atomic E-state index is 0.0325. The van der Waals surface area contributed by atoms with E-state index in [2.05, 4.69) is 38.3 Å². The lowest BCUT2D eigenvalue weighted by atomic mass is 9.79. The van der Waals surface area contributed by atoms with Crippen LogP contribution in [0.15, 0.2) is 88.7 Å². The Morgan fingerprint density at radius 3 is 2.16 bits per heavy atom. The molecule has 7 rings (SSSR count). The molecule has 0 bridgehead atoms. The van der Waals surface area contributed by atoms with E-state index in [1.807, 2.05) is 52.0 Å². The largest absolute Gasteiger partial charge is 0.494 e. The van der Waals surface area contributed by atoms with Crippen molar-refractivity contribution in [2.45, 2.75) is 91.1 Å². The summed E-state index contributed by atoms with van der Waals surface area (Å²) in [6, 6.07) is 19.7. The number of ether oxygens (including phenoxy) is 1. The number of rotatable bonds is 13. The summed E-state index contributed by atoms with van der Waals surface area (Å²) >= 11 is 0. The molecule has 2 saturated heterocycles. The number of H-pyrrole nitrogens is 2. The monoisotopic (exact) mass is 829 g/mol. The number of carbonyl (C=O) groups excluding carboxylic acids is 2. The average molecular weight is 830 g/mol. The van der Waals surface area contributed by atoms with E-state index in [4.69, 9.17) is 14.0 Å². The van der Waals surface area contributed by atoms with Crippen molar-refractivity contribution in [3.8, 4) is 0 Å². The first kappa shape index (κ1) is 43.4. The van der Waals surface area contributed by atoms with Gasteiger partial charge in [0.1, 0.15) is 23.1 Å². The van der Waals surface area contributed by atoms with E-state index in [-0.39, 0.29) is 40.9 Å². The van der Waals surface area contributed by atoms with E-state index >= 15 is 0 Å². The number of esters is 1. The highest BCUT2D eigenvalue weighted by Gasteiger charge is 2.51. The second-order valence-electron chi connectivity index (χ2n) is 17.3. The number of aromatic nitrogens is 4. The van der Waals surface area contributed by atoms with Crippen LogP contribution in [0.2, 0.25) is 0 Å². The summed E-state index contributed by atoms with van der Waals surface area (Å²) in [6.45, 7) is 15.7. The number of hydrogen-bond donors (Lipinski definition) is 2. The summed E-state index contributed by atoms with van der Waals surface area (Å²) in [6.07, 6.45) is 7.22. The summed E-state index contributed by atoms with van der Waals surface area (Å²) in [5, 5.41) is 0.108. The van der Waals surface area contributed by atoms with Crippen LogP contribution in [0.25, 0.3) is 12.2 Å². The Bertz CT molecular complexity index is 2610. The van der Waals surface area contributed by atoms with Crippen molar-refractivity contribution in [3.05, 3.63) is 150 Å². The quantitative estimate of drug-likeness (QED) is 0.0991. The van der Waals surface area contributed by atoms with E-state index in [1.54, 1.807) is 36.7 Å². The molecule has 3 aromatic carbocycles. The molecule has 2 aromatic heterocycles. The lowest BCUT2D eigenvalue weighted by Gasteiger charge is -2.32. The van der Waals surface area contributed by atoms with E-state index in [1.165, 1.54) is 30.3 Å². The van der Waals surface area contributed by atoms with Crippen molar-refractivity contribution < 1.29 is 28.0 Å². The van der Waals surface area contributed by atoms with Crippen LogP contribution >= 0.6 is 0 Å². The number of benzene rings is 3.